The molecule has 22 heavy (non-hydrogen) atoms. The Balaban J connectivity index is 2.72. The fraction of sp³-hybridized carbons (Fsp3) is 0.429. The molecule has 0 saturated carbocycles. The van der Waals surface area contributed by atoms with Gasteiger partial charge in [-0.2, -0.15) is 0 Å². The van der Waals surface area contributed by atoms with Crippen molar-refractivity contribution in [1.82, 2.24) is 10.6 Å². The number of urea groups is 1. The van der Waals surface area contributed by atoms with Gasteiger partial charge in [0.05, 0.1) is 10.6 Å². The van der Waals surface area contributed by atoms with Gasteiger partial charge >= 0.3 is 6.03 Å². The summed E-state index contributed by atoms with van der Waals surface area (Å²) >= 11 is 0. The number of nitrogens with one attached hydrogen (secondary N) is 3. The zero-order valence-electron chi connectivity index (χ0n) is 12.8. The van der Waals surface area contributed by atoms with Gasteiger partial charge in [0, 0.05) is 12.8 Å². The first-order valence-electron chi connectivity index (χ1n) is 6.90. The summed E-state index contributed by atoms with van der Waals surface area (Å²) in [5, 5.41) is 7.57. The number of para-hydroxylation sites is 1. The van der Waals surface area contributed by atoms with Gasteiger partial charge in [-0.05, 0) is 25.5 Å². The predicted molar refractivity (Wildman–Crippen MR) is 84.5 cm³/mol. The number of carbonyl (C=O) groups excluding carboxylic acids is 2. The standard InChI is InChI=1S/C14H21N3O4S/c1-4-9-15-13(18)10(2)16-14(19)17-11-7-5-6-8-12(11)22(3,20)21/h5-8,10H,4,9H2,1-3H3,(H,15,18)(H2,16,17,19)/t10-/m1/s1. The van der Waals surface area contributed by atoms with E-state index in [9.17, 15) is 18.0 Å². The number of rotatable bonds is 6. The van der Waals surface area contributed by atoms with E-state index in [1.165, 1.54) is 12.1 Å². The maximum absolute atomic E-state index is 11.9. The molecule has 0 unspecified atom stereocenters. The molecule has 0 aromatic heterocycles. The average molecular weight is 327 g/mol. The Hall–Kier alpha value is -2.09. The lowest BCUT2D eigenvalue weighted by Gasteiger charge is -2.15. The summed E-state index contributed by atoms with van der Waals surface area (Å²) in [4.78, 5) is 23.6. The van der Waals surface area contributed by atoms with Crippen LogP contribution in [0.3, 0.4) is 0 Å². The summed E-state index contributed by atoms with van der Waals surface area (Å²) in [6, 6.07) is 4.70. The Labute approximate surface area is 130 Å². The third kappa shape index (κ3) is 5.36. The van der Waals surface area contributed by atoms with Crippen molar-refractivity contribution >= 4 is 27.5 Å². The van der Waals surface area contributed by atoms with Gasteiger partial charge in [0.25, 0.3) is 0 Å². The minimum Gasteiger partial charge on any atom is -0.354 e. The van der Waals surface area contributed by atoms with E-state index in [1.54, 1.807) is 19.1 Å². The van der Waals surface area contributed by atoms with E-state index in [-0.39, 0.29) is 16.5 Å². The van der Waals surface area contributed by atoms with Gasteiger partial charge in [-0.1, -0.05) is 19.1 Å². The highest BCUT2D eigenvalue weighted by Gasteiger charge is 2.17. The highest BCUT2D eigenvalue weighted by molar-refractivity contribution is 7.90. The maximum Gasteiger partial charge on any atom is 0.319 e. The van der Waals surface area contributed by atoms with Crippen LogP contribution in [0.5, 0.6) is 0 Å². The SMILES string of the molecule is CCCNC(=O)[C@@H](C)NC(=O)Nc1ccccc1S(C)(=O)=O. The number of hydrogen-bond acceptors (Lipinski definition) is 4. The van der Waals surface area contributed by atoms with Crippen LogP contribution < -0.4 is 16.0 Å². The second kappa shape index (κ2) is 7.79. The lowest BCUT2D eigenvalue weighted by Crippen LogP contribution is -2.46. The van der Waals surface area contributed by atoms with Crippen LogP contribution in [0.2, 0.25) is 0 Å². The normalized spacial score (nSPS) is 12.3. The molecule has 0 aliphatic carbocycles. The molecule has 1 aromatic carbocycles. The lowest BCUT2D eigenvalue weighted by atomic mass is 10.3. The topological polar surface area (TPSA) is 104 Å². The van der Waals surface area contributed by atoms with Gasteiger partial charge in [-0.25, -0.2) is 13.2 Å². The molecule has 0 heterocycles. The molecule has 3 amide bonds. The number of anilines is 1. The summed E-state index contributed by atoms with van der Waals surface area (Å²) < 4.78 is 23.3. The Bertz CT molecular complexity index is 643. The van der Waals surface area contributed by atoms with Crippen LogP contribution in [-0.4, -0.2) is 39.2 Å². The Morgan fingerprint density at radius 1 is 1.23 bits per heavy atom. The third-order valence-electron chi connectivity index (χ3n) is 2.82. The van der Waals surface area contributed by atoms with Gasteiger partial charge in [-0.3, -0.25) is 4.79 Å². The summed E-state index contributed by atoms with van der Waals surface area (Å²) in [6.07, 6.45) is 1.86. The van der Waals surface area contributed by atoms with Crippen molar-refractivity contribution in [3.63, 3.8) is 0 Å². The summed E-state index contributed by atoms with van der Waals surface area (Å²) in [7, 11) is -3.46. The van der Waals surface area contributed by atoms with Crippen LogP contribution in [-0.2, 0) is 14.6 Å². The van der Waals surface area contributed by atoms with Gasteiger partial charge in [-0.15, -0.1) is 0 Å². The quantitative estimate of drug-likeness (QED) is 0.728. The second-order valence-electron chi connectivity index (χ2n) is 4.88. The number of sulfone groups is 1. The van der Waals surface area contributed by atoms with Crippen molar-refractivity contribution in [3.8, 4) is 0 Å². The van der Waals surface area contributed by atoms with Gasteiger partial charge in [0.15, 0.2) is 9.84 Å². The summed E-state index contributed by atoms with van der Waals surface area (Å²) in [5.74, 6) is -0.298. The van der Waals surface area contributed by atoms with Crippen LogP contribution in [0.1, 0.15) is 20.3 Å². The van der Waals surface area contributed by atoms with E-state index in [1.807, 2.05) is 6.92 Å². The molecule has 0 spiro atoms. The molecule has 122 valence electrons. The molecule has 0 bridgehead atoms. The number of benzene rings is 1. The smallest absolute Gasteiger partial charge is 0.319 e. The molecule has 0 aliphatic heterocycles. The van der Waals surface area contributed by atoms with Crippen molar-refractivity contribution in [2.45, 2.75) is 31.2 Å². The summed E-state index contributed by atoms with van der Waals surface area (Å²) in [5.41, 5.74) is 0.170. The van der Waals surface area contributed by atoms with Crippen LogP contribution >= 0.6 is 0 Å². The van der Waals surface area contributed by atoms with Crippen molar-refractivity contribution in [2.75, 3.05) is 18.1 Å². The Kier molecular flexibility index (Phi) is 6.36. The van der Waals surface area contributed by atoms with E-state index < -0.39 is 21.9 Å². The number of carbonyl (C=O) groups is 2. The molecule has 8 heteroatoms. The first kappa shape index (κ1) is 18.0. The molecule has 3 N–H and O–H groups in total. The van der Waals surface area contributed by atoms with E-state index >= 15 is 0 Å². The van der Waals surface area contributed by atoms with E-state index in [2.05, 4.69) is 16.0 Å². The second-order valence-corrected chi connectivity index (χ2v) is 6.86. The molecule has 0 aliphatic rings. The Morgan fingerprint density at radius 2 is 1.86 bits per heavy atom. The highest BCUT2D eigenvalue weighted by atomic mass is 32.2. The third-order valence-corrected chi connectivity index (χ3v) is 3.98. The molecule has 0 fully saturated rings. The lowest BCUT2D eigenvalue weighted by molar-refractivity contribution is -0.122. The first-order valence-corrected chi connectivity index (χ1v) is 8.79. The van der Waals surface area contributed by atoms with Crippen molar-refractivity contribution in [1.29, 1.82) is 0 Å². The van der Waals surface area contributed by atoms with Crippen molar-refractivity contribution in [2.24, 2.45) is 0 Å². The monoisotopic (exact) mass is 327 g/mol. The van der Waals surface area contributed by atoms with E-state index in [0.29, 0.717) is 6.54 Å². The van der Waals surface area contributed by atoms with Crippen molar-refractivity contribution < 1.29 is 18.0 Å². The average Bonchev–Trinajstić information content (AvgIpc) is 2.43. The van der Waals surface area contributed by atoms with Crippen LogP contribution in [0.4, 0.5) is 10.5 Å². The molecule has 7 nitrogen and oxygen atoms in total. The highest BCUT2D eigenvalue weighted by Crippen LogP contribution is 2.20. The zero-order valence-corrected chi connectivity index (χ0v) is 13.7. The van der Waals surface area contributed by atoms with Gasteiger partial charge in [0.1, 0.15) is 6.04 Å². The zero-order chi connectivity index (χ0) is 16.8. The minimum absolute atomic E-state index is 0.0215. The molecule has 0 saturated heterocycles. The maximum atomic E-state index is 11.9. The molecule has 0 radical (unpaired) electrons. The molecule has 1 rings (SSSR count). The van der Waals surface area contributed by atoms with E-state index in [0.717, 1.165) is 12.7 Å². The number of hydrogen-bond donors (Lipinski definition) is 3. The molecular weight excluding hydrogens is 306 g/mol. The molecule has 1 atom stereocenters. The fourth-order valence-corrected chi connectivity index (χ4v) is 2.56. The van der Waals surface area contributed by atoms with Crippen LogP contribution in [0.15, 0.2) is 29.2 Å². The van der Waals surface area contributed by atoms with Gasteiger partial charge in [0.2, 0.25) is 5.91 Å². The minimum atomic E-state index is -3.46. The van der Waals surface area contributed by atoms with Crippen LogP contribution in [0, 0.1) is 0 Å². The predicted octanol–water partition coefficient (Wildman–Crippen LogP) is 1.13. The largest absolute Gasteiger partial charge is 0.354 e. The molecule has 1 aromatic rings. The van der Waals surface area contributed by atoms with Crippen molar-refractivity contribution in [3.05, 3.63) is 24.3 Å². The van der Waals surface area contributed by atoms with E-state index in [4.69, 9.17) is 0 Å². The van der Waals surface area contributed by atoms with Gasteiger partial charge < -0.3 is 16.0 Å². The van der Waals surface area contributed by atoms with Crippen LogP contribution in [0.25, 0.3) is 0 Å². The number of amides is 3. The fourth-order valence-electron chi connectivity index (χ4n) is 1.72. The summed E-state index contributed by atoms with van der Waals surface area (Å²) in [6.45, 7) is 4.00. The Morgan fingerprint density at radius 3 is 2.45 bits per heavy atom. The molecular formula is C14H21N3O4S. The first-order chi connectivity index (χ1) is 10.3.